The zero-order valence-electron chi connectivity index (χ0n) is 30.0. The van der Waals surface area contributed by atoms with Crippen molar-refractivity contribution in [3.63, 3.8) is 0 Å². The van der Waals surface area contributed by atoms with E-state index in [-0.39, 0.29) is 5.41 Å². The summed E-state index contributed by atoms with van der Waals surface area (Å²) in [6.45, 7) is 4.71. The van der Waals surface area contributed by atoms with Crippen LogP contribution < -0.4 is 0 Å². The van der Waals surface area contributed by atoms with Gasteiger partial charge in [0.1, 0.15) is 11.2 Å². The molecule has 3 nitrogen and oxygen atoms in total. The maximum atomic E-state index is 6.37. The Morgan fingerprint density at radius 3 is 1.96 bits per heavy atom. The zero-order valence-corrected chi connectivity index (χ0v) is 30.0. The number of hydrogen-bond donors (Lipinski definition) is 0. The number of hydrogen-bond acceptors (Lipinski definition) is 3. The molecule has 0 atom stereocenters. The quantitative estimate of drug-likeness (QED) is 0.184. The van der Waals surface area contributed by atoms with Gasteiger partial charge in [-0.3, -0.25) is 0 Å². The van der Waals surface area contributed by atoms with Crippen molar-refractivity contribution in [3.8, 4) is 56.2 Å². The lowest BCUT2D eigenvalue weighted by molar-refractivity contribution is 0.661. The van der Waals surface area contributed by atoms with Gasteiger partial charge in [-0.05, 0) is 97.4 Å². The number of nitrogens with zero attached hydrogens (tertiary/aromatic N) is 2. The third-order valence-electron chi connectivity index (χ3n) is 11.5. The fraction of sp³-hybridized carbons (Fsp3) is 0.0588. The normalized spacial score (nSPS) is 13.1. The van der Waals surface area contributed by atoms with Crippen LogP contribution in [0.3, 0.4) is 0 Å². The molecule has 11 rings (SSSR count). The van der Waals surface area contributed by atoms with E-state index in [4.69, 9.17) is 14.4 Å². The van der Waals surface area contributed by atoms with E-state index in [0.29, 0.717) is 5.82 Å². The number of aromatic nitrogens is 2. The van der Waals surface area contributed by atoms with Crippen LogP contribution in [0.5, 0.6) is 0 Å². The van der Waals surface area contributed by atoms with Crippen LogP contribution in [0.4, 0.5) is 0 Å². The Morgan fingerprint density at radius 2 is 1.11 bits per heavy atom. The highest BCUT2D eigenvalue weighted by Gasteiger charge is 2.37. The Balaban J connectivity index is 1.14. The van der Waals surface area contributed by atoms with Crippen LogP contribution in [0.15, 0.2) is 174 Å². The Labute approximate surface area is 313 Å². The van der Waals surface area contributed by atoms with Crippen LogP contribution in [0, 0.1) is 0 Å². The molecule has 2 aromatic heterocycles. The van der Waals surface area contributed by atoms with Gasteiger partial charge in [-0.15, -0.1) is 0 Å². The summed E-state index contributed by atoms with van der Waals surface area (Å²) in [6, 6.07) is 60.6. The van der Waals surface area contributed by atoms with Gasteiger partial charge in [-0.1, -0.05) is 141 Å². The maximum Gasteiger partial charge on any atom is 0.160 e. The fourth-order valence-electron chi connectivity index (χ4n) is 8.79. The van der Waals surface area contributed by atoms with Gasteiger partial charge in [0.2, 0.25) is 0 Å². The Hall–Kier alpha value is -6.84. The molecule has 0 aliphatic heterocycles. The number of fused-ring (bicyclic) bond motifs is 9. The van der Waals surface area contributed by atoms with Gasteiger partial charge in [-0.2, -0.15) is 0 Å². The van der Waals surface area contributed by atoms with E-state index in [1.54, 1.807) is 0 Å². The Morgan fingerprint density at radius 1 is 0.426 bits per heavy atom. The first kappa shape index (κ1) is 30.8. The van der Waals surface area contributed by atoms with Crippen molar-refractivity contribution in [2.45, 2.75) is 19.3 Å². The summed E-state index contributed by atoms with van der Waals surface area (Å²) in [5, 5.41) is 7.11. The van der Waals surface area contributed by atoms with Gasteiger partial charge in [0, 0.05) is 32.9 Å². The van der Waals surface area contributed by atoms with Crippen molar-refractivity contribution in [1.29, 1.82) is 0 Å². The zero-order chi connectivity index (χ0) is 36.0. The SMILES string of the molecule is CC1(C)c2cc3ccccc3cc2-c2c(-c3ccccc3-c3cc(-c4ccc5oc6ccc7ccccc7c6c5c4)nc(-c4ccccc4)n3)cccc21. The molecular weight excluding hydrogens is 657 g/mol. The maximum absolute atomic E-state index is 6.37. The van der Waals surface area contributed by atoms with Gasteiger partial charge >= 0.3 is 0 Å². The lowest BCUT2D eigenvalue weighted by Gasteiger charge is -2.22. The van der Waals surface area contributed by atoms with Crippen LogP contribution in [0.2, 0.25) is 0 Å². The molecule has 0 fully saturated rings. The molecule has 54 heavy (non-hydrogen) atoms. The van der Waals surface area contributed by atoms with E-state index in [1.165, 1.54) is 49.4 Å². The highest BCUT2D eigenvalue weighted by Crippen LogP contribution is 2.54. The highest BCUT2D eigenvalue weighted by atomic mass is 16.3. The van der Waals surface area contributed by atoms with Gasteiger partial charge in [0.05, 0.1) is 11.4 Å². The first-order valence-electron chi connectivity index (χ1n) is 18.6. The van der Waals surface area contributed by atoms with Crippen molar-refractivity contribution < 1.29 is 4.42 Å². The standard InChI is InChI=1S/C51H34N2O/c1-51(2)42-22-12-21-39(48(42)40-27-33-16-6-7-17-34(33)29-43(40)51)37-19-10-11-20-38(37)45-30-44(52-50(53-45)32-14-4-3-5-15-32)35-24-25-46-41(28-35)49-36-18-9-8-13-31(36)23-26-47(49)54-46/h3-30H,1-2H3. The molecule has 8 aromatic carbocycles. The average molecular weight is 691 g/mol. The Bertz CT molecular complexity index is 3130. The highest BCUT2D eigenvalue weighted by molar-refractivity contribution is 6.19. The molecule has 0 radical (unpaired) electrons. The first-order chi connectivity index (χ1) is 26.5. The number of benzene rings is 8. The lowest BCUT2D eigenvalue weighted by atomic mass is 9.81. The van der Waals surface area contributed by atoms with E-state index in [1.807, 2.05) is 18.2 Å². The second-order valence-electron chi connectivity index (χ2n) is 14.9. The second kappa shape index (κ2) is 11.6. The molecule has 1 aliphatic carbocycles. The number of rotatable bonds is 4. The van der Waals surface area contributed by atoms with E-state index in [0.717, 1.165) is 55.6 Å². The average Bonchev–Trinajstić information content (AvgIpc) is 3.71. The summed E-state index contributed by atoms with van der Waals surface area (Å²) in [6.07, 6.45) is 0. The van der Waals surface area contributed by atoms with E-state index >= 15 is 0 Å². The minimum atomic E-state index is -0.135. The van der Waals surface area contributed by atoms with Crippen LogP contribution in [0.1, 0.15) is 25.0 Å². The van der Waals surface area contributed by atoms with Crippen LogP contribution in [-0.4, -0.2) is 9.97 Å². The fourth-order valence-corrected chi connectivity index (χ4v) is 8.79. The molecule has 0 saturated heterocycles. The van der Waals surface area contributed by atoms with E-state index < -0.39 is 0 Å². The van der Waals surface area contributed by atoms with Gasteiger partial charge in [-0.25, -0.2) is 9.97 Å². The Kier molecular flexibility index (Phi) is 6.60. The van der Waals surface area contributed by atoms with E-state index in [2.05, 4.69) is 166 Å². The summed E-state index contributed by atoms with van der Waals surface area (Å²) in [7, 11) is 0. The van der Waals surface area contributed by atoms with Gasteiger partial charge in [0.25, 0.3) is 0 Å². The molecule has 0 spiro atoms. The lowest BCUT2D eigenvalue weighted by Crippen LogP contribution is -2.14. The summed E-state index contributed by atoms with van der Waals surface area (Å²) in [5.74, 6) is 0.691. The molecule has 0 unspecified atom stereocenters. The van der Waals surface area contributed by atoms with Crippen LogP contribution in [-0.2, 0) is 5.41 Å². The van der Waals surface area contributed by atoms with Crippen LogP contribution >= 0.6 is 0 Å². The molecular formula is C51H34N2O. The van der Waals surface area contributed by atoms with Gasteiger partial charge in [0.15, 0.2) is 5.82 Å². The summed E-state index contributed by atoms with van der Waals surface area (Å²) >= 11 is 0. The monoisotopic (exact) mass is 690 g/mol. The summed E-state index contributed by atoms with van der Waals surface area (Å²) in [5.41, 5.74) is 14.1. The minimum Gasteiger partial charge on any atom is -0.456 e. The molecule has 1 aliphatic rings. The summed E-state index contributed by atoms with van der Waals surface area (Å²) in [4.78, 5) is 10.5. The van der Waals surface area contributed by atoms with Crippen molar-refractivity contribution in [3.05, 3.63) is 181 Å². The molecule has 0 saturated carbocycles. The third-order valence-corrected chi connectivity index (χ3v) is 11.5. The van der Waals surface area contributed by atoms with Gasteiger partial charge < -0.3 is 4.42 Å². The number of furan rings is 1. The first-order valence-corrected chi connectivity index (χ1v) is 18.6. The molecule has 0 amide bonds. The predicted molar refractivity (Wildman–Crippen MR) is 224 cm³/mol. The van der Waals surface area contributed by atoms with Crippen molar-refractivity contribution in [1.82, 2.24) is 9.97 Å². The van der Waals surface area contributed by atoms with E-state index in [9.17, 15) is 0 Å². The van der Waals surface area contributed by atoms with Crippen molar-refractivity contribution in [2.24, 2.45) is 0 Å². The van der Waals surface area contributed by atoms with Crippen molar-refractivity contribution >= 4 is 43.5 Å². The molecule has 0 N–H and O–H groups in total. The molecule has 10 aromatic rings. The second-order valence-corrected chi connectivity index (χ2v) is 14.9. The summed E-state index contributed by atoms with van der Waals surface area (Å²) < 4.78 is 6.37. The third kappa shape index (κ3) is 4.61. The largest absolute Gasteiger partial charge is 0.456 e. The smallest absolute Gasteiger partial charge is 0.160 e. The predicted octanol–water partition coefficient (Wildman–Crippen LogP) is 13.7. The molecule has 2 heterocycles. The minimum absolute atomic E-state index is 0.135. The van der Waals surface area contributed by atoms with Crippen molar-refractivity contribution in [2.75, 3.05) is 0 Å². The topological polar surface area (TPSA) is 38.9 Å². The molecule has 254 valence electrons. The molecule has 3 heteroatoms. The molecule has 0 bridgehead atoms. The van der Waals surface area contributed by atoms with Crippen LogP contribution in [0.25, 0.3) is 99.6 Å².